The van der Waals surface area contributed by atoms with Gasteiger partial charge in [-0.3, -0.25) is 4.98 Å². The Balaban J connectivity index is 2.63. The van der Waals surface area contributed by atoms with Gasteiger partial charge in [0.15, 0.2) is 0 Å². The molecule has 2 aromatic rings. The number of nitrogens with zero attached hydrogens (tertiary/aromatic N) is 4. The summed E-state index contributed by atoms with van der Waals surface area (Å²) in [5.41, 5.74) is 1.40. The molecule has 5 heteroatoms. The highest BCUT2D eigenvalue weighted by Gasteiger charge is 2.12. The maximum Gasteiger partial charge on any atom is 0.140 e. The van der Waals surface area contributed by atoms with Gasteiger partial charge in [0.1, 0.15) is 28.8 Å². The minimum Gasteiger partial charge on any atom is -0.495 e. The number of nitriles is 1. The molecule has 0 saturated carbocycles. The molecule has 0 aromatic carbocycles. The van der Waals surface area contributed by atoms with Crippen LogP contribution in [-0.2, 0) is 0 Å². The normalized spacial score (nSPS) is 9.50. The van der Waals surface area contributed by atoms with Gasteiger partial charge < -0.3 is 4.74 Å². The molecule has 0 atom stereocenters. The molecule has 0 bridgehead atoms. The van der Waals surface area contributed by atoms with Crippen LogP contribution in [0.25, 0.3) is 11.4 Å². The first-order valence-electron chi connectivity index (χ1n) is 4.58. The Morgan fingerprint density at radius 2 is 2.19 bits per heavy atom. The molecule has 0 amide bonds. The van der Waals surface area contributed by atoms with Crippen LogP contribution in [-0.4, -0.2) is 22.3 Å². The summed E-state index contributed by atoms with van der Waals surface area (Å²) in [5, 5.41) is 16.7. The monoisotopic (exact) mass is 212 g/mol. The average Bonchev–Trinajstić information content (AvgIpc) is 2.38. The van der Waals surface area contributed by atoms with Gasteiger partial charge in [-0.05, 0) is 18.2 Å². The second-order valence-corrected chi connectivity index (χ2v) is 2.96. The summed E-state index contributed by atoms with van der Waals surface area (Å²) in [6.45, 7) is 0. The smallest absolute Gasteiger partial charge is 0.140 e. The van der Waals surface area contributed by atoms with E-state index in [1.54, 1.807) is 30.6 Å². The van der Waals surface area contributed by atoms with E-state index in [9.17, 15) is 0 Å². The zero-order valence-electron chi connectivity index (χ0n) is 8.58. The lowest BCUT2D eigenvalue weighted by Crippen LogP contribution is -1.96. The molecule has 0 aliphatic carbocycles. The highest BCUT2D eigenvalue weighted by molar-refractivity contribution is 5.66. The molecule has 2 rings (SSSR count). The van der Waals surface area contributed by atoms with E-state index in [0.717, 1.165) is 0 Å². The van der Waals surface area contributed by atoms with Crippen LogP contribution in [0.4, 0.5) is 0 Å². The maximum atomic E-state index is 9.07. The van der Waals surface area contributed by atoms with Gasteiger partial charge >= 0.3 is 0 Å². The number of ether oxygens (including phenoxy) is 1. The third-order valence-corrected chi connectivity index (χ3v) is 2.06. The van der Waals surface area contributed by atoms with Crippen molar-refractivity contribution in [2.75, 3.05) is 7.11 Å². The van der Waals surface area contributed by atoms with Gasteiger partial charge in [-0.15, -0.1) is 5.10 Å². The molecule has 16 heavy (non-hydrogen) atoms. The summed E-state index contributed by atoms with van der Waals surface area (Å²) in [4.78, 5) is 4.12. The number of methoxy groups -OCH3 is 1. The Labute approximate surface area is 92.4 Å². The number of pyridine rings is 1. The number of hydrogen-bond donors (Lipinski definition) is 0. The van der Waals surface area contributed by atoms with E-state index in [2.05, 4.69) is 21.3 Å². The lowest BCUT2D eigenvalue weighted by Gasteiger charge is -2.05. The number of rotatable bonds is 2. The van der Waals surface area contributed by atoms with Crippen LogP contribution in [0.3, 0.4) is 0 Å². The van der Waals surface area contributed by atoms with Gasteiger partial charge in [-0.25, -0.2) is 0 Å². The van der Waals surface area contributed by atoms with Crippen molar-refractivity contribution < 1.29 is 4.74 Å². The Kier molecular flexibility index (Phi) is 2.74. The molecule has 5 nitrogen and oxygen atoms in total. The largest absolute Gasteiger partial charge is 0.495 e. The van der Waals surface area contributed by atoms with E-state index in [4.69, 9.17) is 10.00 Å². The first-order valence-corrected chi connectivity index (χ1v) is 4.58. The summed E-state index contributed by atoms with van der Waals surface area (Å²) < 4.78 is 5.09. The fourth-order valence-electron chi connectivity index (χ4n) is 1.34. The molecule has 0 radical (unpaired) electrons. The van der Waals surface area contributed by atoms with E-state index >= 15 is 0 Å². The zero-order valence-corrected chi connectivity index (χ0v) is 8.58. The van der Waals surface area contributed by atoms with Crippen molar-refractivity contribution >= 4 is 0 Å². The fraction of sp³-hybridized carbons (Fsp3) is 0.0909. The Bertz CT molecular complexity index is 533. The van der Waals surface area contributed by atoms with Crippen molar-refractivity contribution in [1.82, 2.24) is 15.2 Å². The van der Waals surface area contributed by atoms with Crippen LogP contribution in [0, 0.1) is 11.3 Å². The Morgan fingerprint density at radius 1 is 1.31 bits per heavy atom. The van der Waals surface area contributed by atoms with E-state index in [1.807, 2.05) is 0 Å². The lowest BCUT2D eigenvalue weighted by molar-refractivity contribution is 0.413. The van der Waals surface area contributed by atoms with E-state index in [-0.39, 0.29) is 0 Å². The molecule has 2 aromatic heterocycles. The van der Waals surface area contributed by atoms with Gasteiger partial charge in [0, 0.05) is 12.4 Å². The van der Waals surface area contributed by atoms with Crippen LogP contribution in [0.5, 0.6) is 5.75 Å². The minimum atomic E-state index is 0.366. The standard InChI is InChI=1S/C11H8N4O/c1-16-10-4-6-13-11(8(10)7-12)9-3-2-5-14-15-9/h2-6H,1H3. The lowest BCUT2D eigenvalue weighted by atomic mass is 10.1. The Morgan fingerprint density at radius 3 is 2.81 bits per heavy atom. The van der Waals surface area contributed by atoms with Crippen LogP contribution in [0.15, 0.2) is 30.6 Å². The van der Waals surface area contributed by atoms with E-state index < -0.39 is 0 Å². The van der Waals surface area contributed by atoms with Crippen molar-refractivity contribution in [3.05, 3.63) is 36.2 Å². The molecule has 0 aliphatic heterocycles. The summed E-state index contributed by atoms with van der Waals surface area (Å²) >= 11 is 0. The quantitative estimate of drug-likeness (QED) is 0.752. The van der Waals surface area contributed by atoms with Crippen LogP contribution < -0.4 is 4.74 Å². The van der Waals surface area contributed by atoms with Crippen molar-refractivity contribution in [3.8, 4) is 23.2 Å². The fourth-order valence-corrected chi connectivity index (χ4v) is 1.34. The van der Waals surface area contributed by atoms with Gasteiger partial charge in [-0.2, -0.15) is 10.4 Å². The van der Waals surface area contributed by atoms with Gasteiger partial charge in [0.05, 0.1) is 7.11 Å². The van der Waals surface area contributed by atoms with Crippen LogP contribution in [0.1, 0.15) is 5.56 Å². The molecule has 0 saturated heterocycles. The highest BCUT2D eigenvalue weighted by atomic mass is 16.5. The molecular formula is C11H8N4O. The predicted molar refractivity (Wildman–Crippen MR) is 56.5 cm³/mol. The number of aromatic nitrogens is 3. The molecular weight excluding hydrogens is 204 g/mol. The SMILES string of the molecule is COc1ccnc(-c2cccnn2)c1C#N. The van der Waals surface area contributed by atoms with Crippen molar-refractivity contribution in [2.24, 2.45) is 0 Å². The predicted octanol–water partition coefficient (Wildman–Crippen LogP) is 1.42. The highest BCUT2D eigenvalue weighted by Crippen LogP contribution is 2.25. The first-order chi connectivity index (χ1) is 7.86. The molecule has 0 aliphatic rings. The molecule has 2 heterocycles. The molecule has 0 spiro atoms. The van der Waals surface area contributed by atoms with Crippen LogP contribution in [0.2, 0.25) is 0 Å². The first kappa shape index (κ1) is 10.1. The van der Waals surface area contributed by atoms with Gasteiger partial charge in [0.25, 0.3) is 0 Å². The van der Waals surface area contributed by atoms with Crippen molar-refractivity contribution in [1.29, 1.82) is 5.26 Å². The van der Waals surface area contributed by atoms with Crippen molar-refractivity contribution in [3.63, 3.8) is 0 Å². The Hall–Kier alpha value is -2.48. The maximum absolute atomic E-state index is 9.07. The molecule has 0 unspecified atom stereocenters. The van der Waals surface area contributed by atoms with Gasteiger partial charge in [0.2, 0.25) is 0 Å². The third kappa shape index (κ3) is 1.68. The summed E-state index contributed by atoms with van der Waals surface area (Å²) in [7, 11) is 1.51. The minimum absolute atomic E-state index is 0.366. The van der Waals surface area contributed by atoms with E-state index in [1.165, 1.54) is 7.11 Å². The summed E-state index contributed by atoms with van der Waals surface area (Å²) in [6.07, 6.45) is 3.14. The molecule has 78 valence electrons. The number of hydrogen-bond acceptors (Lipinski definition) is 5. The zero-order chi connectivity index (χ0) is 11.4. The van der Waals surface area contributed by atoms with Gasteiger partial charge in [-0.1, -0.05) is 0 Å². The third-order valence-electron chi connectivity index (χ3n) is 2.06. The second-order valence-electron chi connectivity index (χ2n) is 2.96. The topological polar surface area (TPSA) is 71.7 Å². The summed E-state index contributed by atoms with van der Waals surface area (Å²) in [5.74, 6) is 0.484. The van der Waals surface area contributed by atoms with Crippen LogP contribution >= 0.6 is 0 Å². The second kappa shape index (κ2) is 4.36. The molecule has 0 N–H and O–H groups in total. The average molecular weight is 212 g/mol. The summed E-state index contributed by atoms with van der Waals surface area (Å²) in [6, 6.07) is 7.18. The van der Waals surface area contributed by atoms with E-state index in [0.29, 0.717) is 22.7 Å². The molecule has 0 fully saturated rings. The van der Waals surface area contributed by atoms with Crippen molar-refractivity contribution in [2.45, 2.75) is 0 Å².